The van der Waals surface area contributed by atoms with Crippen molar-refractivity contribution in [2.75, 3.05) is 25.1 Å². The van der Waals surface area contributed by atoms with E-state index in [0.717, 1.165) is 36.4 Å². The molecule has 7 nitrogen and oxygen atoms in total. The van der Waals surface area contributed by atoms with E-state index in [1.165, 1.54) is 44.6 Å². The third-order valence-electron chi connectivity index (χ3n) is 5.21. The smallest absolute Gasteiger partial charge is 0.340 e. The Kier molecular flexibility index (Phi) is 9.71. The first-order chi connectivity index (χ1) is 15.4. The fourth-order valence-electron chi connectivity index (χ4n) is 3.47. The molecular formula is C24H31NO6S. The molecule has 8 heteroatoms. The molecule has 2 rings (SSSR count). The van der Waals surface area contributed by atoms with Crippen molar-refractivity contribution in [2.45, 2.75) is 50.3 Å². The van der Waals surface area contributed by atoms with Gasteiger partial charge in [0.2, 0.25) is 0 Å². The summed E-state index contributed by atoms with van der Waals surface area (Å²) in [6.45, 7) is 2.27. The molecule has 0 fully saturated rings. The van der Waals surface area contributed by atoms with Gasteiger partial charge in [-0.05, 0) is 42.8 Å². The van der Waals surface area contributed by atoms with Crippen molar-refractivity contribution in [3.63, 3.8) is 0 Å². The van der Waals surface area contributed by atoms with Crippen LogP contribution in [0.15, 0.2) is 47.4 Å². The number of ether oxygens (including phenoxy) is 2. The van der Waals surface area contributed by atoms with Crippen molar-refractivity contribution in [1.29, 1.82) is 0 Å². The van der Waals surface area contributed by atoms with Crippen LogP contribution in [0.3, 0.4) is 0 Å². The van der Waals surface area contributed by atoms with Crippen LogP contribution in [0, 0.1) is 0 Å². The second kappa shape index (κ2) is 12.2. The fraction of sp³-hybridized carbons (Fsp3) is 0.417. The third kappa shape index (κ3) is 6.09. The number of nitrogens with zero attached hydrogens (tertiary/aromatic N) is 1. The molecule has 174 valence electrons. The van der Waals surface area contributed by atoms with Crippen LogP contribution in [0.1, 0.15) is 66.2 Å². The number of para-hydroxylation sites is 1. The SMILES string of the molecule is CCCCCCCCN(c1c(C=O)cccc1C(=O)OC)S(=O)(=O)c1ccc(OC)cc1. The van der Waals surface area contributed by atoms with Crippen LogP contribution in [-0.2, 0) is 14.8 Å². The van der Waals surface area contributed by atoms with Crippen LogP contribution in [0.2, 0.25) is 0 Å². The Morgan fingerprint density at radius 1 is 0.969 bits per heavy atom. The molecule has 0 spiro atoms. The van der Waals surface area contributed by atoms with E-state index in [1.54, 1.807) is 12.1 Å². The van der Waals surface area contributed by atoms with Gasteiger partial charge < -0.3 is 9.47 Å². The Bertz CT molecular complexity index is 1000. The van der Waals surface area contributed by atoms with Gasteiger partial charge in [-0.15, -0.1) is 0 Å². The number of aldehydes is 1. The molecule has 0 aromatic heterocycles. The quantitative estimate of drug-likeness (QED) is 0.241. The lowest BCUT2D eigenvalue weighted by atomic mass is 10.1. The zero-order valence-electron chi connectivity index (χ0n) is 18.9. The highest BCUT2D eigenvalue weighted by atomic mass is 32.2. The van der Waals surface area contributed by atoms with Gasteiger partial charge in [-0.25, -0.2) is 13.2 Å². The number of rotatable bonds is 13. The van der Waals surface area contributed by atoms with Crippen LogP contribution >= 0.6 is 0 Å². The molecule has 0 aliphatic rings. The highest BCUT2D eigenvalue weighted by molar-refractivity contribution is 7.92. The molecule has 32 heavy (non-hydrogen) atoms. The van der Waals surface area contributed by atoms with E-state index in [1.807, 2.05) is 0 Å². The maximum atomic E-state index is 13.6. The molecule has 2 aromatic rings. The van der Waals surface area contributed by atoms with E-state index in [0.29, 0.717) is 18.5 Å². The number of unbranched alkanes of at least 4 members (excludes halogenated alkanes) is 5. The maximum absolute atomic E-state index is 13.6. The van der Waals surface area contributed by atoms with Gasteiger partial charge in [-0.2, -0.15) is 0 Å². The summed E-state index contributed by atoms with van der Waals surface area (Å²) < 4.78 is 38.4. The summed E-state index contributed by atoms with van der Waals surface area (Å²) in [6.07, 6.45) is 6.31. The Labute approximate surface area is 190 Å². The number of methoxy groups -OCH3 is 2. The molecule has 0 atom stereocenters. The molecule has 0 heterocycles. The number of sulfonamides is 1. The largest absolute Gasteiger partial charge is 0.497 e. The molecule has 0 aliphatic carbocycles. The van der Waals surface area contributed by atoms with Gasteiger partial charge in [0.1, 0.15) is 5.75 Å². The third-order valence-corrected chi connectivity index (χ3v) is 7.02. The summed E-state index contributed by atoms with van der Waals surface area (Å²) in [4.78, 5) is 24.3. The maximum Gasteiger partial charge on any atom is 0.340 e. The van der Waals surface area contributed by atoms with Gasteiger partial charge in [0, 0.05) is 12.1 Å². The number of anilines is 1. The van der Waals surface area contributed by atoms with Gasteiger partial charge in [-0.1, -0.05) is 45.1 Å². The molecule has 0 amide bonds. The minimum absolute atomic E-state index is 0.0279. The van der Waals surface area contributed by atoms with E-state index in [9.17, 15) is 18.0 Å². The average Bonchev–Trinajstić information content (AvgIpc) is 2.82. The first kappa shape index (κ1) is 25.4. The molecule has 0 unspecified atom stereocenters. The number of hydrogen-bond acceptors (Lipinski definition) is 6. The van der Waals surface area contributed by atoms with Crippen LogP contribution < -0.4 is 9.04 Å². The predicted octanol–water partition coefficient (Wildman–Crippen LogP) is 4.85. The van der Waals surface area contributed by atoms with Crippen molar-refractivity contribution in [3.05, 3.63) is 53.6 Å². The highest BCUT2D eigenvalue weighted by Gasteiger charge is 2.30. The normalized spacial score (nSPS) is 11.1. The molecule has 2 aromatic carbocycles. The number of esters is 1. The lowest BCUT2D eigenvalue weighted by molar-refractivity contribution is 0.0601. The van der Waals surface area contributed by atoms with Crippen molar-refractivity contribution < 1.29 is 27.5 Å². The van der Waals surface area contributed by atoms with Gasteiger partial charge >= 0.3 is 5.97 Å². The number of carbonyl (C=O) groups is 2. The first-order valence-electron chi connectivity index (χ1n) is 10.7. The van der Waals surface area contributed by atoms with Crippen molar-refractivity contribution >= 4 is 28.0 Å². The van der Waals surface area contributed by atoms with Crippen LogP contribution in [0.5, 0.6) is 5.75 Å². The van der Waals surface area contributed by atoms with Crippen LogP contribution in [0.4, 0.5) is 5.69 Å². The number of carbonyl (C=O) groups excluding carboxylic acids is 2. The van der Waals surface area contributed by atoms with Crippen molar-refractivity contribution in [1.82, 2.24) is 0 Å². The molecular weight excluding hydrogens is 430 g/mol. The molecule has 0 N–H and O–H groups in total. The molecule has 0 saturated heterocycles. The summed E-state index contributed by atoms with van der Waals surface area (Å²) in [5.41, 5.74) is 0.176. The fourth-order valence-corrected chi connectivity index (χ4v) is 5.02. The summed E-state index contributed by atoms with van der Waals surface area (Å²) in [5.74, 6) is -0.184. The number of hydrogen-bond donors (Lipinski definition) is 0. The summed E-state index contributed by atoms with van der Waals surface area (Å²) >= 11 is 0. The lowest BCUT2D eigenvalue weighted by Crippen LogP contribution is -2.34. The minimum Gasteiger partial charge on any atom is -0.497 e. The van der Waals surface area contributed by atoms with E-state index in [4.69, 9.17) is 9.47 Å². The van der Waals surface area contributed by atoms with Crippen molar-refractivity contribution in [2.24, 2.45) is 0 Å². The van der Waals surface area contributed by atoms with Gasteiger partial charge in [0.25, 0.3) is 10.0 Å². The zero-order valence-corrected chi connectivity index (χ0v) is 19.7. The van der Waals surface area contributed by atoms with Gasteiger partial charge in [0.15, 0.2) is 6.29 Å². The van der Waals surface area contributed by atoms with Gasteiger partial charge in [-0.3, -0.25) is 9.10 Å². The Hall–Kier alpha value is -2.87. The number of benzene rings is 2. The Morgan fingerprint density at radius 3 is 2.22 bits per heavy atom. The standard InChI is InChI=1S/C24H31NO6S/c1-4-5-6-7-8-9-17-25(32(28,29)21-15-13-20(30-2)14-16-21)23-19(18-26)11-10-12-22(23)24(27)31-3/h10-16,18H,4-9,17H2,1-3H3. The predicted molar refractivity (Wildman–Crippen MR) is 124 cm³/mol. The first-order valence-corrected chi connectivity index (χ1v) is 12.2. The monoisotopic (exact) mass is 461 g/mol. The lowest BCUT2D eigenvalue weighted by Gasteiger charge is -2.27. The van der Waals surface area contributed by atoms with Gasteiger partial charge in [0.05, 0.1) is 30.4 Å². The summed E-state index contributed by atoms with van der Waals surface area (Å²) in [7, 11) is -1.35. The molecule has 0 radical (unpaired) electrons. The molecule has 0 saturated carbocycles. The van der Waals surface area contributed by atoms with Crippen molar-refractivity contribution in [3.8, 4) is 5.75 Å². The Morgan fingerprint density at radius 2 is 1.62 bits per heavy atom. The Balaban J connectivity index is 2.51. The van der Waals surface area contributed by atoms with Crippen LogP contribution in [-0.4, -0.2) is 41.4 Å². The second-order valence-electron chi connectivity index (χ2n) is 7.37. The van der Waals surface area contributed by atoms with Crippen LogP contribution in [0.25, 0.3) is 0 Å². The summed E-state index contributed by atoms with van der Waals surface area (Å²) in [5, 5.41) is 0. The van der Waals surface area contributed by atoms with E-state index < -0.39 is 16.0 Å². The van der Waals surface area contributed by atoms with E-state index in [2.05, 4.69) is 6.92 Å². The summed E-state index contributed by atoms with van der Waals surface area (Å²) in [6, 6.07) is 10.5. The molecule has 0 aliphatic heterocycles. The topological polar surface area (TPSA) is 90.0 Å². The zero-order chi connectivity index (χ0) is 23.6. The minimum atomic E-state index is -4.06. The average molecular weight is 462 g/mol. The highest BCUT2D eigenvalue weighted by Crippen LogP contribution is 2.32. The second-order valence-corrected chi connectivity index (χ2v) is 9.24. The molecule has 0 bridgehead atoms. The van der Waals surface area contributed by atoms with E-state index >= 15 is 0 Å². The van der Waals surface area contributed by atoms with E-state index in [-0.39, 0.29) is 28.3 Å².